The normalized spacial score (nSPS) is 11.8. The molecule has 4 rings (SSSR count). The number of anilines is 1. The van der Waals surface area contributed by atoms with Crippen molar-refractivity contribution >= 4 is 29.0 Å². The van der Waals surface area contributed by atoms with Crippen LogP contribution in [0.3, 0.4) is 0 Å². The van der Waals surface area contributed by atoms with Crippen LogP contribution in [0.25, 0.3) is 10.9 Å². The van der Waals surface area contributed by atoms with Gasteiger partial charge in [0.25, 0.3) is 0 Å². The maximum Gasteiger partial charge on any atom is 0.123 e. The number of methoxy groups -OCH3 is 1. The lowest BCUT2D eigenvalue weighted by Crippen LogP contribution is -2.27. The van der Waals surface area contributed by atoms with E-state index in [2.05, 4.69) is 41.9 Å². The lowest BCUT2D eigenvalue weighted by atomic mass is 9.99. The lowest BCUT2D eigenvalue weighted by molar-refractivity contribution is 0.414. The number of benzene rings is 2. The van der Waals surface area contributed by atoms with Crippen molar-refractivity contribution < 1.29 is 9.13 Å². The molecule has 0 radical (unpaired) electrons. The number of halogens is 2. The highest BCUT2D eigenvalue weighted by molar-refractivity contribution is 5.86. The lowest BCUT2D eigenvalue weighted by Gasteiger charge is -2.30. The number of nitrogens with zero attached hydrogens (tertiary/aromatic N) is 2. The van der Waals surface area contributed by atoms with Crippen molar-refractivity contribution in [3.05, 3.63) is 89.1 Å². The van der Waals surface area contributed by atoms with E-state index in [0.717, 1.165) is 40.3 Å². The summed E-state index contributed by atoms with van der Waals surface area (Å²) in [5.74, 6) is 0.584. The molecular weight excluding hydrogens is 413 g/mol. The van der Waals surface area contributed by atoms with E-state index in [1.807, 2.05) is 25.4 Å². The predicted molar refractivity (Wildman–Crippen MR) is 127 cm³/mol. The number of pyridine rings is 1. The zero-order chi connectivity index (χ0) is 21.3. The van der Waals surface area contributed by atoms with Crippen molar-refractivity contribution in [1.82, 2.24) is 9.97 Å². The third kappa shape index (κ3) is 4.52. The first-order valence-electron chi connectivity index (χ1n) is 10.0. The van der Waals surface area contributed by atoms with Crippen molar-refractivity contribution in [3.8, 4) is 5.75 Å². The van der Waals surface area contributed by atoms with Crippen molar-refractivity contribution in [2.24, 2.45) is 0 Å². The Morgan fingerprint density at radius 1 is 1.10 bits per heavy atom. The second-order valence-electron chi connectivity index (χ2n) is 7.65. The molecule has 4 nitrogen and oxygen atoms in total. The average Bonchev–Trinajstić information content (AvgIpc) is 3.06. The fourth-order valence-electron chi connectivity index (χ4n) is 3.95. The van der Waals surface area contributed by atoms with Gasteiger partial charge < -0.3 is 14.6 Å². The van der Waals surface area contributed by atoms with Gasteiger partial charge in [0.2, 0.25) is 0 Å². The Morgan fingerprint density at radius 3 is 2.55 bits per heavy atom. The molecule has 1 N–H and O–H groups in total. The first-order valence-corrected chi connectivity index (χ1v) is 10.0. The third-order valence-corrected chi connectivity index (χ3v) is 5.84. The second-order valence-corrected chi connectivity index (χ2v) is 7.65. The van der Waals surface area contributed by atoms with E-state index < -0.39 is 0 Å². The summed E-state index contributed by atoms with van der Waals surface area (Å²) in [6.45, 7) is 4.21. The van der Waals surface area contributed by atoms with Gasteiger partial charge in [0, 0.05) is 30.0 Å². The van der Waals surface area contributed by atoms with Gasteiger partial charge in [-0.05, 0) is 73.9 Å². The number of H-pyrrole nitrogens is 1. The van der Waals surface area contributed by atoms with Crippen molar-refractivity contribution in [2.75, 3.05) is 19.1 Å². The van der Waals surface area contributed by atoms with E-state index in [1.165, 1.54) is 23.1 Å². The number of aromatic amines is 1. The first kappa shape index (κ1) is 22.6. The number of hydrogen-bond acceptors (Lipinski definition) is 3. The molecule has 4 aromatic rings. The van der Waals surface area contributed by atoms with Gasteiger partial charge in [0.05, 0.1) is 24.4 Å². The smallest absolute Gasteiger partial charge is 0.123 e. The topological polar surface area (TPSA) is 41.1 Å². The third-order valence-electron chi connectivity index (χ3n) is 5.84. The minimum absolute atomic E-state index is 0. The molecule has 6 heteroatoms. The number of hydrogen-bond donors (Lipinski definition) is 1. The fraction of sp³-hybridized carbons (Fsp3) is 0.240. The summed E-state index contributed by atoms with van der Waals surface area (Å²) in [5, 5.41) is 1.18. The number of aryl methyl sites for hydroxylation is 2. The highest BCUT2D eigenvalue weighted by atomic mass is 35.5. The molecule has 0 spiro atoms. The molecule has 0 aliphatic rings. The molecule has 2 aromatic heterocycles. The molecule has 1 unspecified atom stereocenters. The molecule has 0 fully saturated rings. The summed E-state index contributed by atoms with van der Waals surface area (Å²) < 4.78 is 18.9. The van der Waals surface area contributed by atoms with Gasteiger partial charge in [-0.25, -0.2) is 4.39 Å². The molecule has 0 saturated carbocycles. The van der Waals surface area contributed by atoms with E-state index in [1.54, 1.807) is 19.2 Å². The van der Waals surface area contributed by atoms with Crippen LogP contribution in [0, 0.1) is 19.7 Å². The Kier molecular flexibility index (Phi) is 6.86. The Bertz CT molecular complexity index is 1170. The van der Waals surface area contributed by atoms with Crippen LogP contribution in [0.2, 0.25) is 0 Å². The summed E-state index contributed by atoms with van der Waals surface area (Å²) in [6, 6.07) is 16.7. The molecular formula is C25H27ClFN3O. The van der Waals surface area contributed by atoms with Gasteiger partial charge >= 0.3 is 0 Å². The van der Waals surface area contributed by atoms with Gasteiger partial charge in [-0.3, -0.25) is 4.98 Å². The number of rotatable bonds is 6. The second kappa shape index (κ2) is 9.40. The van der Waals surface area contributed by atoms with Gasteiger partial charge in [0.1, 0.15) is 11.6 Å². The van der Waals surface area contributed by atoms with E-state index in [0.29, 0.717) is 0 Å². The summed E-state index contributed by atoms with van der Waals surface area (Å²) in [4.78, 5) is 10.5. The van der Waals surface area contributed by atoms with E-state index in [9.17, 15) is 4.39 Å². The number of likely N-dealkylation sites (N-methyl/N-ethyl adjacent to an activating group) is 1. The van der Waals surface area contributed by atoms with Gasteiger partial charge in [-0.1, -0.05) is 12.1 Å². The molecule has 0 aliphatic carbocycles. The average molecular weight is 440 g/mol. The SMILES string of the molecule is COc1cccc(CC(c2nccc3c(C)c(C)[nH]c23)N(C)c2ccc(F)cc2)c1.Cl. The Labute approximate surface area is 188 Å². The number of aromatic nitrogens is 2. The summed E-state index contributed by atoms with van der Waals surface area (Å²) in [7, 11) is 3.70. The van der Waals surface area contributed by atoms with E-state index >= 15 is 0 Å². The molecule has 1 atom stereocenters. The van der Waals surface area contributed by atoms with Crippen LogP contribution in [-0.2, 0) is 6.42 Å². The largest absolute Gasteiger partial charge is 0.497 e. The molecule has 0 amide bonds. The maximum absolute atomic E-state index is 13.5. The monoisotopic (exact) mass is 439 g/mol. The Morgan fingerprint density at radius 2 is 1.84 bits per heavy atom. The molecule has 31 heavy (non-hydrogen) atoms. The summed E-state index contributed by atoms with van der Waals surface area (Å²) in [6.07, 6.45) is 2.60. The number of fused-ring (bicyclic) bond motifs is 1. The van der Waals surface area contributed by atoms with E-state index in [-0.39, 0.29) is 24.3 Å². The zero-order valence-corrected chi connectivity index (χ0v) is 19.0. The van der Waals surface area contributed by atoms with Crippen LogP contribution in [0.15, 0.2) is 60.8 Å². The highest BCUT2D eigenvalue weighted by Crippen LogP contribution is 2.34. The Hall–Kier alpha value is -3.05. The van der Waals surface area contributed by atoms with Gasteiger partial charge in [-0.15, -0.1) is 12.4 Å². The van der Waals surface area contributed by atoms with Crippen LogP contribution < -0.4 is 9.64 Å². The summed E-state index contributed by atoms with van der Waals surface area (Å²) in [5.41, 5.74) is 6.48. The Balaban J connectivity index is 0.00000272. The van der Waals surface area contributed by atoms with Crippen molar-refractivity contribution in [2.45, 2.75) is 26.3 Å². The van der Waals surface area contributed by atoms with Crippen LogP contribution in [-0.4, -0.2) is 24.1 Å². The highest BCUT2D eigenvalue weighted by Gasteiger charge is 2.24. The molecule has 0 saturated heterocycles. The van der Waals surface area contributed by atoms with Crippen LogP contribution in [0.5, 0.6) is 5.75 Å². The molecule has 2 heterocycles. The van der Waals surface area contributed by atoms with Crippen LogP contribution in [0.1, 0.15) is 28.6 Å². The molecule has 0 bridgehead atoms. The predicted octanol–water partition coefficient (Wildman–Crippen LogP) is 6.17. The fourth-order valence-corrected chi connectivity index (χ4v) is 3.95. The standard InChI is InChI=1S/C25H26FN3O.ClH/c1-16-17(2)28-24-22(16)12-13-27-25(24)23(15-18-6-5-7-21(14-18)30-4)29(3)20-10-8-19(26)9-11-20;/h5-14,23,28H,15H2,1-4H3;1H. The van der Waals surface area contributed by atoms with Crippen molar-refractivity contribution in [3.63, 3.8) is 0 Å². The first-order chi connectivity index (χ1) is 14.5. The minimum Gasteiger partial charge on any atom is -0.497 e. The van der Waals surface area contributed by atoms with E-state index in [4.69, 9.17) is 9.72 Å². The minimum atomic E-state index is -0.243. The molecule has 162 valence electrons. The van der Waals surface area contributed by atoms with Crippen LogP contribution in [0.4, 0.5) is 10.1 Å². The van der Waals surface area contributed by atoms with Crippen molar-refractivity contribution in [1.29, 1.82) is 0 Å². The summed E-state index contributed by atoms with van der Waals surface area (Å²) >= 11 is 0. The van der Waals surface area contributed by atoms with Gasteiger partial charge in [-0.2, -0.15) is 0 Å². The number of ether oxygens (including phenoxy) is 1. The van der Waals surface area contributed by atoms with Crippen LogP contribution >= 0.6 is 12.4 Å². The maximum atomic E-state index is 13.5. The van der Waals surface area contributed by atoms with Gasteiger partial charge in [0.15, 0.2) is 0 Å². The number of nitrogens with one attached hydrogen (secondary N) is 1. The molecule has 0 aliphatic heterocycles. The molecule has 2 aromatic carbocycles. The zero-order valence-electron chi connectivity index (χ0n) is 18.1. The quantitative estimate of drug-likeness (QED) is 0.390.